The molecule has 0 radical (unpaired) electrons. The molecule has 3 aromatic rings. The lowest BCUT2D eigenvalue weighted by Crippen LogP contribution is -2.37. The molecule has 0 unspecified atom stereocenters. The van der Waals surface area contributed by atoms with Gasteiger partial charge in [0.1, 0.15) is 23.6 Å². The Hall–Kier alpha value is -3.83. The van der Waals surface area contributed by atoms with Crippen molar-refractivity contribution in [3.05, 3.63) is 46.7 Å². The molecule has 44 heavy (non-hydrogen) atoms. The van der Waals surface area contributed by atoms with E-state index in [4.69, 9.17) is 25.8 Å². The van der Waals surface area contributed by atoms with E-state index in [0.29, 0.717) is 57.0 Å². The zero-order chi connectivity index (χ0) is 32.2. The van der Waals surface area contributed by atoms with Gasteiger partial charge in [0.2, 0.25) is 0 Å². The molecule has 0 atom stereocenters. The van der Waals surface area contributed by atoms with Crippen LogP contribution >= 0.6 is 11.6 Å². The Balaban J connectivity index is 0.000000305. The van der Waals surface area contributed by atoms with E-state index in [1.54, 1.807) is 26.3 Å². The van der Waals surface area contributed by atoms with Gasteiger partial charge in [0.05, 0.1) is 43.0 Å². The van der Waals surface area contributed by atoms with Crippen molar-refractivity contribution in [2.24, 2.45) is 16.7 Å². The van der Waals surface area contributed by atoms with Gasteiger partial charge >= 0.3 is 12.1 Å². The Labute approximate surface area is 262 Å². The monoisotopic (exact) mass is 628 g/mol. The van der Waals surface area contributed by atoms with E-state index in [0.717, 1.165) is 31.2 Å². The third kappa shape index (κ3) is 5.95. The Morgan fingerprint density at radius 1 is 1.11 bits per heavy atom. The summed E-state index contributed by atoms with van der Waals surface area (Å²) in [6.45, 7) is 4.59. The molecule has 5 rings (SSSR count). The highest BCUT2D eigenvalue weighted by molar-refractivity contribution is 6.32. The molecule has 238 valence electrons. The molecule has 1 amide bonds. The van der Waals surface area contributed by atoms with E-state index in [1.165, 1.54) is 25.4 Å². The molecule has 2 fully saturated rings. The van der Waals surface area contributed by atoms with Gasteiger partial charge in [-0.05, 0) is 60.8 Å². The molecule has 0 aliphatic heterocycles. The minimum absolute atomic E-state index is 0.0405. The van der Waals surface area contributed by atoms with Crippen molar-refractivity contribution in [2.45, 2.75) is 52.5 Å². The van der Waals surface area contributed by atoms with Crippen LogP contribution in [0.15, 0.2) is 30.6 Å². The highest BCUT2D eigenvalue weighted by Gasteiger charge is 2.63. The van der Waals surface area contributed by atoms with Crippen LogP contribution in [0.4, 0.5) is 16.3 Å². The molecular weight excluding hydrogens is 588 g/mol. The number of carboxylic acid groups (broad SMARTS) is 1. The molecule has 3 N–H and O–H groups in total. The topological polar surface area (TPSA) is 143 Å². The fraction of sp³-hybridized carbons (Fsp3) is 0.500. The number of methoxy groups -OCH3 is 3. The van der Waals surface area contributed by atoms with Crippen LogP contribution in [0.2, 0.25) is 5.02 Å². The maximum absolute atomic E-state index is 12.2. The number of aromatic nitrogens is 2. The van der Waals surface area contributed by atoms with Gasteiger partial charge in [-0.1, -0.05) is 31.5 Å². The SMILES string of the molecule is CC1(C)C2CCC1(C(=O)O)CC2.COC(=O)N(C)c1cc2c(NCc3ccc(OC)c(Cl)c3)ncnc2c(CCO)c1OC. The molecule has 2 aliphatic rings. The van der Waals surface area contributed by atoms with Crippen LogP contribution < -0.4 is 19.7 Å². The van der Waals surface area contributed by atoms with Gasteiger partial charge in [-0.2, -0.15) is 0 Å². The molecule has 2 bridgehead atoms. The van der Waals surface area contributed by atoms with Gasteiger partial charge in [0.15, 0.2) is 0 Å². The van der Waals surface area contributed by atoms with Gasteiger partial charge in [-0.25, -0.2) is 14.8 Å². The lowest BCUT2D eigenvalue weighted by Gasteiger charge is -2.33. The number of hydrogen-bond acceptors (Lipinski definition) is 9. The number of carbonyl (C=O) groups excluding carboxylic acids is 1. The molecule has 12 heteroatoms. The lowest BCUT2D eigenvalue weighted by molar-refractivity contribution is -0.153. The number of carboxylic acids is 1. The standard InChI is InChI=1S/C22H25ClN4O5.C10H16O2/c1-27(22(29)32-4)17-10-15-19(14(7-8-28)20(17)31-3)25-12-26-21(15)24-11-13-5-6-18(30-2)16(23)9-13;1-9(2)7-3-5-10(9,6-4-7)8(11)12/h5-6,9-10,12,28H,7-8,11H2,1-4H3,(H,24,25,26);7H,3-6H2,1-2H3,(H,11,12). The van der Waals surface area contributed by atoms with Gasteiger partial charge in [-0.15, -0.1) is 0 Å². The Morgan fingerprint density at radius 2 is 1.82 bits per heavy atom. The minimum atomic E-state index is -0.562. The summed E-state index contributed by atoms with van der Waals surface area (Å²) in [5.41, 5.74) is 2.34. The molecule has 11 nitrogen and oxygen atoms in total. The van der Waals surface area contributed by atoms with Crippen LogP contribution in [-0.4, -0.2) is 67.2 Å². The normalized spacial score (nSPS) is 19.6. The highest BCUT2D eigenvalue weighted by Crippen LogP contribution is 2.65. The summed E-state index contributed by atoms with van der Waals surface area (Å²) >= 11 is 6.23. The van der Waals surface area contributed by atoms with Crippen LogP contribution in [-0.2, 0) is 22.5 Å². The van der Waals surface area contributed by atoms with Crippen molar-refractivity contribution >= 4 is 46.1 Å². The molecule has 2 aromatic carbocycles. The Morgan fingerprint density at radius 3 is 2.32 bits per heavy atom. The number of rotatable bonds is 9. The quantitative estimate of drug-likeness (QED) is 0.260. The number of nitrogens with zero attached hydrogens (tertiary/aromatic N) is 3. The summed E-state index contributed by atoms with van der Waals surface area (Å²) in [4.78, 5) is 33.5. The van der Waals surface area contributed by atoms with E-state index in [2.05, 4.69) is 29.1 Å². The van der Waals surface area contributed by atoms with Crippen LogP contribution in [0, 0.1) is 16.7 Å². The number of aliphatic hydroxyl groups excluding tert-OH is 1. The molecule has 1 heterocycles. The maximum Gasteiger partial charge on any atom is 0.413 e. The molecule has 2 saturated carbocycles. The number of aliphatic carboxylic acids is 1. The number of benzene rings is 2. The summed E-state index contributed by atoms with van der Waals surface area (Å²) in [5, 5.41) is 23.3. The number of carbonyl (C=O) groups is 2. The van der Waals surface area contributed by atoms with E-state index >= 15 is 0 Å². The van der Waals surface area contributed by atoms with E-state index in [9.17, 15) is 19.8 Å². The molecule has 2 aliphatic carbocycles. The van der Waals surface area contributed by atoms with Crippen molar-refractivity contribution in [2.75, 3.05) is 45.2 Å². The van der Waals surface area contributed by atoms with Crippen molar-refractivity contribution in [3.8, 4) is 11.5 Å². The zero-order valence-electron chi connectivity index (χ0n) is 26.1. The first-order valence-electron chi connectivity index (χ1n) is 14.5. The average molecular weight is 629 g/mol. The number of ether oxygens (including phenoxy) is 3. The van der Waals surface area contributed by atoms with E-state index in [-0.39, 0.29) is 23.9 Å². The van der Waals surface area contributed by atoms with Crippen molar-refractivity contribution < 1.29 is 34.0 Å². The minimum Gasteiger partial charge on any atom is -0.495 e. The van der Waals surface area contributed by atoms with E-state index in [1.807, 2.05) is 12.1 Å². The number of nitrogens with one attached hydrogen (secondary N) is 1. The van der Waals surface area contributed by atoms with Crippen molar-refractivity contribution in [1.29, 1.82) is 0 Å². The number of halogens is 1. The molecular formula is C32H41ClN4O7. The first-order valence-corrected chi connectivity index (χ1v) is 14.9. The number of hydrogen-bond donors (Lipinski definition) is 3. The van der Waals surface area contributed by atoms with Crippen LogP contribution in [0.1, 0.15) is 50.7 Å². The third-order valence-electron chi connectivity index (χ3n) is 9.51. The molecule has 0 saturated heterocycles. The van der Waals surface area contributed by atoms with Crippen LogP contribution in [0.3, 0.4) is 0 Å². The average Bonchev–Trinajstić information content (AvgIpc) is 3.44. The largest absolute Gasteiger partial charge is 0.495 e. The second-order valence-corrected chi connectivity index (χ2v) is 12.1. The lowest BCUT2D eigenvalue weighted by atomic mass is 9.69. The number of anilines is 2. The number of aliphatic hydroxyl groups is 1. The summed E-state index contributed by atoms with van der Waals surface area (Å²) < 4.78 is 15.6. The summed E-state index contributed by atoms with van der Waals surface area (Å²) in [7, 11) is 5.95. The summed E-state index contributed by atoms with van der Waals surface area (Å²) in [6.07, 6.45) is 5.22. The zero-order valence-corrected chi connectivity index (χ0v) is 26.8. The third-order valence-corrected chi connectivity index (χ3v) is 9.81. The second-order valence-electron chi connectivity index (χ2n) is 11.7. The van der Waals surface area contributed by atoms with Crippen molar-refractivity contribution in [3.63, 3.8) is 0 Å². The van der Waals surface area contributed by atoms with Gasteiger partial charge in [0, 0.05) is 37.6 Å². The first-order chi connectivity index (χ1) is 20.9. The summed E-state index contributed by atoms with van der Waals surface area (Å²) in [5.74, 6) is 1.69. The fourth-order valence-corrected chi connectivity index (χ4v) is 7.08. The number of amides is 1. The first kappa shape index (κ1) is 33.1. The molecule has 1 aromatic heterocycles. The van der Waals surface area contributed by atoms with Gasteiger partial charge in [0.25, 0.3) is 0 Å². The number of fused-ring (bicyclic) bond motifs is 3. The van der Waals surface area contributed by atoms with Gasteiger partial charge < -0.3 is 29.7 Å². The maximum atomic E-state index is 12.2. The van der Waals surface area contributed by atoms with Crippen LogP contribution in [0.25, 0.3) is 10.9 Å². The Kier molecular flexibility index (Phi) is 10.1. The van der Waals surface area contributed by atoms with Crippen LogP contribution in [0.5, 0.6) is 11.5 Å². The predicted octanol–water partition coefficient (Wildman–Crippen LogP) is 5.94. The Bertz CT molecular complexity index is 1520. The smallest absolute Gasteiger partial charge is 0.413 e. The van der Waals surface area contributed by atoms with E-state index < -0.39 is 12.1 Å². The van der Waals surface area contributed by atoms with Crippen molar-refractivity contribution in [1.82, 2.24) is 9.97 Å². The fourth-order valence-electron chi connectivity index (χ4n) is 6.80. The highest BCUT2D eigenvalue weighted by atomic mass is 35.5. The second kappa shape index (κ2) is 13.4. The summed E-state index contributed by atoms with van der Waals surface area (Å²) in [6, 6.07) is 7.27. The molecule has 0 spiro atoms. The van der Waals surface area contributed by atoms with Gasteiger partial charge in [-0.3, -0.25) is 9.69 Å². The predicted molar refractivity (Wildman–Crippen MR) is 169 cm³/mol.